The van der Waals surface area contributed by atoms with Crippen LogP contribution >= 0.6 is 0 Å². The van der Waals surface area contributed by atoms with Gasteiger partial charge in [0.1, 0.15) is 31.4 Å². The summed E-state index contributed by atoms with van der Waals surface area (Å²) in [6.45, 7) is 2.10. The number of halogens is 1. The number of para-hydroxylation sites is 1. The van der Waals surface area contributed by atoms with Crippen LogP contribution in [0.15, 0.2) is 84.0 Å². The highest BCUT2D eigenvalue weighted by atomic mass is 32.2. The topological polar surface area (TPSA) is 103 Å². The molecule has 1 N–H and O–H groups in total. The van der Waals surface area contributed by atoms with Crippen LogP contribution in [-0.2, 0) is 21.4 Å². The summed E-state index contributed by atoms with van der Waals surface area (Å²) in [4.78, 5) is 17.2. The second kappa shape index (κ2) is 10.5. The molecule has 0 aliphatic carbocycles. The highest BCUT2D eigenvalue weighted by molar-refractivity contribution is 7.92. The van der Waals surface area contributed by atoms with Gasteiger partial charge in [-0.2, -0.15) is 0 Å². The predicted octanol–water partition coefficient (Wildman–Crippen LogP) is 3.60. The van der Waals surface area contributed by atoms with E-state index in [-0.39, 0.29) is 29.5 Å². The molecule has 0 atom stereocenters. The van der Waals surface area contributed by atoms with Gasteiger partial charge in [0.05, 0.1) is 16.3 Å². The Bertz CT molecular complexity index is 1590. The van der Waals surface area contributed by atoms with Crippen molar-refractivity contribution in [2.45, 2.75) is 18.4 Å². The van der Waals surface area contributed by atoms with Gasteiger partial charge in [-0.05, 0) is 48.9 Å². The number of nitrogens with one attached hydrogen (secondary N) is 1. The molecule has 5 rings (SSSR count). The first-order chi connectivity index (χ1) is 18.3. The van der Waals surface area contributed by atoms with Gasteiger partial charge in [-0.25, -0.2) is 17.8 Å². The Morgan fingerprint density at radius 2 is 1.84 bits per heavy atom. The van der Waals surface area contributed by atoms with E-state index < -0.39 is 28.3 Å². The lowest BCUT2D eigenvalue weighted by molar-refractivity contribution is -0.119. The van der Waals surface area contributed by atoms with E-state index in [1.807, 2.05) is 42.0 Å². The Morgan fingerprint density at radius 1 is 1.05 bits per heavy atom. The molecule has 0 spiro atoms. The molecule has 0 saturated carbocycles. The molecule has 1 aliphatic rings. The Kier molecular flexibility index (Phi) is 7.01. The average molecular weight is 537 g/mol. The first kappa shape index (κ1) is 25.3. The van der Waals surface area contributed by atoms with Crippen LogP contribution in [0.4, 0.5) is 10.1 Å². The van der Waals surface area contributed by atoms with Crippen LogP contribution < -0.4 is 19.1 Å². The van der Waals surface area contributed by atoms with Gasteiger partial charge in [0.15, 0.2) is 11.5 Å². The van der Waals surface area contributed by atoms with Gasteiger partial charge in [0.2, 0.25) is 5.91 Å². The van der Waals surface area contributed by atoms with Gasteiger partial charge in [-0.1, -0.05) is 24.3 Å². The zero-order chi connectivity index (χ0) is 26.7. The summed E-state index contributed by atoms with van der Waals surface area (Å²) in [5, 5.41) is 2.79. The van der Waals surface area contributed by atoms with E-state index in [1.54, 1.807) is 6.20 Å². The number of carbonyl (C=O) groups excluding carboxylic acids is 1. The zero-order valence-electron chi connectivity index (χ0n) is 20.5. The summed E-state index contributed by atoms with van der Waals surface area (Å²) in [6, 6.07) is 16.8. The van der Waals surface area contributed by atoms with E-state index in [2.05, 4.69) is 10.3 Å². The molecule has 1 aromatic heterocycles. The van der Waals surface area contributed by atoms with Crippen molar-refractivity contribution in [1.29, 1.82) is 0 Å². The predicted molar refractivity (Wildman–Crippen MR) is 139 cm³/mol. The minimum absolute atomic E-state index is 0.0180. The SMILES string of the molecule is Cc1nccn1-c1ccccc1CNC(=O)CN(c1cccc(F)c1)S(=O)(=O)c1ccc2c(c1)OCCO2. The lowest BCUT2D eigenvalue weighted by atomic mass is 10.1. The second-order valence-electron chi connectivity index (χ2n) is 8.55. The number of fused-ring (bicyclic) bond motifs is 1. The monoisotopic (exact) mass is 536 g/mol. The van der Waals surface area contributed by atoms with Crippen LogP contribution in [0, 0.1) is 12.7 Å². The fourth-order valence-electron chi connectivity index (χ4n) is 4.17. The molecule has 0 fully saturated rings. The maximum absolute atomic E-state index is 14.1. The Morgan fingerprint density at radius 3 is 2.61 bits per heavy atom. The molecule has 11 heteroatoms. The molecule has 9 nitrogen and oxygen atoms in total. The van der Waals surface area contributed by atoms with E-state index in [9.17, 15) is 17.6 Å². The third-order valence-electron chi connectivity index (χ3n) is 6.04. The number of rotatable bonds is 8. The Hall–Kier alpha value is -4.38. The number of aromatic nitrogens is 2. The molecule has 38 heavy (non-hydrogen) atoms. The fourth-order valence-corrected chi connectivity index (χ4v) is 5.59. The number of imidazole rings is 1. The summed E-state index contributed by atoms with van der Waals surface area (Å²) in [6.07, 6.45) is 3.51. The largest absolute Gasteiger partial charge is 0.486 e. The summed E-state index contributed by atoms with van der Waals surface area (Å²) in [5.41, 5.74) is 1.67. The number of amides is 1. The molecule has 0 bridgehead atoms. The summed E-state index contributed by atoms with van der Waals surface area (Å²) in [5.74, 6) is 0.304. The van der Waals surface area contributed by atoms with Crippen molar-refractivity contribution in [1.82, 2.24) is 14.9 Å². The highest BCUT2D eigenvalue weighted by Gasteiger charge is 2.29. The van der Waals surface area contributed by atoms with Crippen molar-refractivity contribution in [2.75, 3.05) is 24.1 Å². The number of benzene rings is 3. The van der Waals surface area contributed by atoms with E-state index in [4.69, 9.17) is 9.47 Å². The molecule has 0 saturated heterocycles. The second-order valence-corrected chi connectivity index (χ2v) is 10.4. The smallest absolute Gasteiger partial charge is 0.264 e. The lowest BCUT2D eigenvalue weighted by Crippen LogP contribution is -2.40. The molecule has 0 radical (unpaired) electrons. The van der Waals surface area contributed by atoms with Crippen LogP contribution in [0.5, 0.6) is 11.5 Å². The molecule has 2 heterocycles. The van der Waals surface area contributed by atoms with Crippen molar-refractivity contribution in [3.8, 4) is 17.2 Å². The minimum atomic E-state index is -4.27. The van der Waals surface area contributed by atoms with Gasteiger partial charge in [-0.3, -0.25) is 9.10 Å². The maximum Gasteiger partial charge on any atom is 0.264 e. The van der Waals surface area contributed by atoms with Crippen LogP contribution in [-0.4, -0.2) is 43.6 Å². The van der Waals surface area contributed by atoms with Crippen LogP contribution in [0.2, 0.25) is 0 Å². The van der Waals surface area contributed by atoms with Gasteiger partial charge in [0, 0.05) is 25.0 Å². The van der Waals surface area contributed by atoms with E-state index >= 15 is 0 Å². The minimum Gasteiger partial charge on any atom is -0.486 e. The van der Waals surface area contributed by atoms with Crippen LogP contribution in [0.3, 0.4) is 0 Å². The summed E-state index contributed by atoms with van der Waals surface area (Å²) >= 11 is 0. The quantitative estimate of drug-likeness (QED) is 0.369. The normalized spacial score (nSPS) is 12.7. The highest BCUT2D eigenvalue weighted by Crippen LogP contribution is 2.34. The molecule has 1 aliphatic heterocycles. The molecule has 0 unspecified atom stereocenters. The van der Waals surface area contributed by atoms with Crippen LogP contribution in [0.25, 0.3) is 5.69 Å². The van der Waals surface area contributed by atoms with Gasteiger partial charge in [0.25, 0.3) is 10.0 Å². The maximum atomic E-state index is 14.1. The Balaban J connectivity index is 1.41. The Labute approximate surface area is 219 Å². The van der Waals surface area contributed by atoms with Crippen molar-refractivity contribution >= 4 is 21.6 Å². The number of hydrogen-bond donors (Lipinski definition) is 1. The van der Waals surface area contributed by atoms with E-state index in [0.717, 1.165) is 27.4 Å². The van der Waals surface area contributed by atoms with Gasteiger partial charge < -0.3 is 19.4 Å². The third kappa shape index (κ3) is 5.18. The molecule has 1 amide bonds. The number of carbonyl (C=O) groups is 1. The molecule has 3 aromatic carbocycles. The third-order valence-corrected chi connectivity index (χ3v) is 7.81. The molecular weight excluding hydrogens is 511 g/mol. The number of anilines is 1. The van der Waals surface area contributed by atoms with Crippen molar-refractivity contribution in [2.24, 2.45) is 0 Å². The van der Waals surface area contributed by atoms with Crippen LogP contribution in [0.1, 0.15) is 11.4 Å². The standard InChI is InChI=1S/C27H25FN4O5S/c1-19-29-11-12-31(19)24-8-3-2-5-20(24)17-30-27(33)18-32(22-7-4-6-21(28)15-22)38(34,35)23-9-10-25-26(16-23)37-14-13-36-25/h2-12,15-16H,13-14,17-18H2,1H3,(H,30,33). The zero-order valence-corrected chi connectivity index (χ0v) is 21.3. The average Bonchev–Trinajstić information content (AvgIpc) is 3.35. The fraction of sp³-hybridized carbons (Fsp3) is 0.185. The van der Waals surface area contributed by atoms with Crippen molar-refractivity contribution < 1.29 is 27.1 Å². The first-order valence-corrected chi connectivity index (χ1v) is 13.3. The number of sulfonamides is 1. The van der Waals surface area contributed by atoms with Crippen molar-refractivity contribution in [3.05, 3.63) is 96.3 Å². The number of hydrogen-bond acceptors (Lipinski definition) is 6. The van der Waals surface area contributed by atoms with E-state index in [0.29, 0.717) is 12.4 Å². The number of nitrogens with zero attached hydrogens (tertiary/aromatic N) is 3. The van der Waals surface area contributed by atoms with Gasteiger partial charge >= 0.3 is 0 Å². The number of aryl methyl sites for hydroxylation is 1. The lowest BCUT2D eigenvalue weighted by Gasteiger charge is -2.25. The summed E-state index contributed by atoms with van der Waals surface area (Å²) in [7, 11) is -4.27. The first-order valence-electron chi connectivity index (χ1n) is 11.9. The molecule has 196 valence electrons. The number of ether oxygens (including phenoxy) is 2. The van der Waals surface area contributed by atoms with Gasteiger partial charge in [-0.15, -0.1) is 0 Å². The van der Waals surface area contributed by atoms with E-state index in [1.165, 1.54) is 36.4 Å². The molecule has 4 aromatic rings. The summed E-state index contributed by atoms with van der Waals surface area (Å²) < 4.78 is 55.3. The van der Waals surface area contributed by atoms with Crippen molar-refractivity contribution in [3.63, 3.8) is 0 Å². The molecular formula is C27H25FN4O5S.